The molecule has 0 spiro atoms. The van der Waals surface area contributed by atoms with Crippen molar-refractivity contribution >= 4 is 231 Å². The van der Waals surface area contributed by atoms with Crippen LogP contribution in [-0.4, -0.2) is 76.1 Å². The molecule has 668 valence electrons. The van der Waals surface area contributed by atoms with E-state index >= 15 is 0 Å². The van der Waals surface area contributed by atoms with Gasteiger partial charge in [-0.2, -0.15) is 0 Å². The number of hydrogen-bond donors (Lipinski definition) is 4. The van der Waals surface area contributed by atoms with Crippen LogP contribution in [0.4, 0.5) is 25.8 Å². The number of H-pyrrole nitrogens is 1. The predicted octanol–water partition coefficient (Wildman–Crippen LogP) is 32.7. The second kappa shape index (κ2) is 46.1. The van der Waals surface area contributed by atoms with E-state index in [1.165, 1.54) is 50.1 Å². The minimum atomic E-state index is -0.446. The van der Waals surface area contributed by atoms with Crippen molar-refractivity contribution in [3.05, 3.63) is 337 Å². The zero-order valence-electron chi connectivity index (χ0n) is 72.1. The number of furan rings is 2. The van der Waals surface area contributed by atoms with E-state index in [-0.39, 0.29) is 34.2 Å². The Bertz CT molecular complexity index is 6360. The van der Waals surface area contributed by atoms with Crippen LogP contribution in [0.2, 0.25) is 50.2 Å². The average Bonchev–Trinajstić information content (AvgIpc) is 1.32. The topological polar surface area (TPSA) is 176 Å². The normalized spacial score (nSPS) is 14.4. The maximum atomic E-state index is 12.9. The fourth-order valence-electron chi connectivity index (χ4n) is 13.3. The highest BCUT2D eigenvalue weighted by Crippen LogP contribution is 2.37. The summed E-state index contributed by atoms with van der Waals surface area (Å²) in [6, 6.07) is 71.4. The first-order valence-corrected chi connectivity index (χ1v) is 46.1. The number of methoxy groups -OCH3 is 1. The Labute approximate surface area is 805 Å². The largest absolute Gasteiger partial charge is 0.497 e. The van der Waals surface area contributed by atoms with E-state index < -0.39 is 5.82 Å². The smallest absolute Gasteiger partial charge is 0.145 e. The lowest BCUT2D eigenvalue weighted by atomic mass is 10.1. The van der Waals surface area contributed by atoms with Crippen molar-refractivity contribution in [3.8, 4) is 28.7 Å². The summed E-state index contributed by atoms with van der Waals surface area (Å²) in [6.45, 7) is 24.3. The van der Waals surface area contributed by atoms with Gasteiger partial charge in [0.1, 0.15) is 93.3 Å². The third-order valence-corrected chi connectivity index (χ3v) is 23.6. The van der Waals surface area contributed by atoms with Crippen LogP contribution in [0.1, 0.15) is 71.9 Å². The molecule has 4 aliphatic rings. The molecule has 4 atom stereocenters. The summed E-state index contributed by atoms with van der Waals surface area (Å²) in [4.78, 5) is 20.2. The van der Waals surface area contributed by atoms with Crippen LogP contribution >= 0.6 is 139 Å². The molecule has 15 nitrogen and oxygen atoms in total. The van der Waals surface area contributed by atoms with Crippen LogP contribution in [-0.2, 0) is 6.42 Å². The summed E-state index contributed by atoms with van der Waals surface area (Å²) < 4.78 is 65.7. The quantitative estimate of drug-likeness (QED) is 0.122. The number of hydrogen-bond acceptors (Lipinski definition) is 16. The SMILES string of the molecule is CC1CNc2cc(Cl)ccc2O1.CC1Cc2cc(Cl)ccc2O1.COc1ccc2oc(C)cc2c1.C[C@@H]1CNc2cc(Cl)ccc2O1.C[C@H]1CNc2cc(Cl)ccc2O1.Cc1cc2cc(Cl)c(F)cc2o1.Cc1ccc2cc(Cl)ccc2c1.Cc1ccc2cc(Cl)ccc2n1.Cc1nc2cc(Cl)c(F)cc2s1.Cc1nc2cc(Cl)ccc2s1.Cc1nc2ccc(Cl)cc2[nH]1. The molecule has 0 saturated carbocycles. The summed E-state index contributed by atoms with van der Waals surface area (Å²) in [6.07, 6.45) is 2.00. The maximum absolute atomic E-state index is 12.9. The molecule has 0 saturated heterocycles. The van der Waals surface area contributed by atoms with Gasteiger partial charge in [-0.3, -0.25) is 4.98 Å². The molecular formula is C100H90Cl10F2N8O7S2. The lowest BCUT2D eigenvalue weighted by Gasteiger charge is -2.24. The van der Waals surface area contributed by atoms with Crippen molar-refractivity contribution in [3.63, 3.8) is 0 Å². The second-order valence-electron chi connectivity index (χ2n) is 30.2. The van der Waals surface area contributed by atoms with Crippen LogP contribution in [0, 0.1) is 60.1 Å². The maximum Gasteiger partial charge on any atom is 0.145 e. The zero-order chi connectivity index (χ0) is 92.3. The zero-order valence-corrected chi connectivity index (χ0v) is 81.3. The van der Waals surface area contributed by atoms with Crippen LogP contribution in [0.5, 0.6) is 28.7 Å². The number of pyridine rings is 1. The van der Waals surface area contributed by atoms with Gasteiger partial charge in [0.2, 0.25) is 0 Å². The Morgan fingerprint density at radius 2 is 0.806 bits per heavy atom. The third kappa shape index (κ3) is 28.9. The van der Waals surface area contributed by atoms with Crippen molar-refractivity contribution < 1.29 is 41.3 Å². The molecule has 0 aliphatic carbocycles. The van der Waals surface area contributed by atoms with Gasteiger partial charge < -0.3 is 53.5 Å². The molecule has 29 heteroatoms. The first-order valence-electron chi connectivity index (χ1n) is 40.7. The highest BCUT2D eigenvalue weighted by atomic mass is 35.5. The third-order valence-electron chi connectivity index (χ3n) is 19.2. The highest BCUT2D eigenvalue weighted by Gasteiger charge is 2.21. The number of fused-ring (bicyclic) bond motifs is 11. The molecule has 12 aromatic carbocycles. The number of benzene rings is 12. The first-order chi connectivity index (χ1) is 61.7. The average molecular weight is 1970 g/mol. The number of halogens is 12. The van der Waals surface area contributed by atoms with Gasteiger partial charge in [-0.15, -0.1) is 22.7 Å². The van der Waals surface area contributed by atoms with Gasteiger partial charge in [-0.25, -0.2) is 23.7 Å². The lowest BCUT2D eigenvalue weighted by Crippen LogP contribution is -2.27. The summed E-state index contributed by atoms with van der Waals surface area (Å²) in [5.74, 6) is 6.29. The number of thiazole rings is 2. The predicted molar refractivity (Wildman–Crippen MR) is 538 cm³/mol. The number of imidazole rings is 1. The number of nitrogens with one attached hydrogen (secondary N) is 4. The van der Waals surface area contributed by atoms with E-state index in [1.807, 2.05) is 250 Å². The number of aromatic nitrogens is 5. The number of anilines is 3. The van der Waals surface area contributed by atoms with Crippen molar-refractivity contribution in [2.24, 2.45) is 0 Å². The number of aromatic amines is 1. The Kier molecular flexibility index (Phi) is 34.9. The van der Waals surface area contributed by atoms with Gasteiger partial charge in [-0.05, 0) is 287 Å². The molecule has 0 radical (unpaired) electrons. The summed E-state index contributed by atoms with van der Waals surface area (Å²) in [5.41, 5.74) is 12.7. The number of aryl methyl sites for hydroxylation is 7. The summed E-state index contributed by atoms with van der Waals surface area (Å²) in [5, 5.41) is 23.5. The first kappa shape index (κ1) is 97.8. The Hall–Kier alpha value is -10.2. The van der Waals surface area contributed by atoms with Crippen LogP contribution in [0.25, 0.3) is 75.1 Å². The fraction of sp³-hybridized carbons (Fsp3) is 0.200. The minimum Gasteiger partial charge on any atom is -0.497 e. The van der Waals surface area contributed by atoms with Crippen molar-refractivity contribution in [1.29, 1.82) is 0 Å². The molecule has 4 aliphatic heterocycles. The molecule has 10 heterocycles. The fourth-order valence-corrected chi connectivity index (χ4v) is 16.7. The van der Waals surface area contributed by atoms with Crippen LogP contribution < -0.4 is 39.6 Å². The van der Waals surface area contributed by atoms with Crippen molar-refractivity contribution in [2.75, 3.05) is 42.7 Å². The molecule has 4 N–H and O–H groups in total. The van der Waals surface area contributed by atoms with Gasteiger partial charge in [0.15, 0.2) is 0 Å². The van der Waals surface area contributed by atoms with Gasteiger partial charge >= 0.3 is 0 Å². The molecular weight excluding hydrogens is 1880 g/mol. The molecule has 0 bridgehead atoms. The van der Waals surface area contributed by atoms with Gasteiger partial charge in [0.05, 0.1) is 101 Å². The molecule has 0 fully saturated rings. The van der Waals surface area contributed by atoms with E-state index in [0.717, 1.165) is 199 Å². The number of nitrogens with zero attached hydrogens (tertiary/aromatic N) is 4. The standard InChI is InChI=1S/C11H9Cl.C10H8ClN.C10H10O2.C9H6ClFO.3C9H10ClNO.C9H9ClO.C8H5ClFNS.C8H7ClN2.C8H6ClNS/c1-8-2-3-10-7-11(12)5-4-9(10)6-8;1-7-2-3-8-6-9(11)4-5-10(8)12-7;1-7-5-8-6-9(11-2)3-4-10(8)12-7;1-5-2-6-3-7(10)8(11)4-9(6)12-5;3*1-6-5-11-8-4-7(10)2-3-9(8)12-6;1-6-4-7-5-8(10)2-3-9(7)11-6;1-4-11-7-2-5(9)6(10)3-8(7)12-4;1-5-10-7-3-2-6(9)4-8(7)11-5;1-5-10-7-4-6(9)2-3-8(7)11-5/h2-7H,1H3;2-6H,1H3;3-6H,1-2H3;2-4H,1H3;3*2-4,6,11H,5H2,1H3;2-3,5-6H,4H2,1H3;2-3H,1H3;2-4H,1H3,(H,10,11);2-4H,1H3/t;;;;2*6-;;;;;/m....10...../s1. The lowest BCUT2D eigenvalue weighted by molar-refractivity contribution is 0.226. The summed E-state index contributed by atoms with van der Waals surface area (Å²) >= 11 is 60.9. The van der Waals surface area contributed by atoms with Crippen molar-refractivity contribution in [2.45, 2.75) is 107 Å². The van der Waals surface area contributed by atoms with E-state index in [4.69, 9.17) is 149 Å². The molecule has 6 aromatic heterocycles. The molecule has 18 aromatic rings. The Balaban J connectivity index is 0.000000129. The number of rotatable bonds is 1. The van der Waals surface area contributed by atoms with E-state index in [2.05, 4.69) is 72.9 Å². The second-order valence-corrected chi connectivity index (χ2v) is 37.0. The molecule has 129 heavy (non-hydrogen) atoms. The van der Waals surface area contributed by atoms with Gasteiger partial charge in [-0.1, -0.05) is 152 Å². The molecule has 0 amide bonds. The Morgan fingerprint density at radius 3 is 1.40 bits per heavy atom. The highest BCUT2D eigenvalue weighted by molar-refractivity contribution is 7.18. The minimum absolute atomic E-state index is 0.128. The van der Waals surface area contributed by atoms with Crippen LogP contribution in [0.3, 0.4) is 0 Å². The van der Waals surface area contributed by atoms with Crippen molar-refractivity contribution in [1.82, 2.24) is 24.9 Å². The molecule has 22 rings (SSSR count). The number of ether oxygens (including phenoxy) is 5. The van der Waals surface area contributed by atoms with E-state index in [9.17, 15) is 8.78 Å². The van der Waals surface area contributed by atoms with E-state index in [1.54, 1.807) is 30.6 Å². The molecule has 2 unspecified atom stereocenters. The summed E-state index contributed by atoms with van der Waals surface area (Å²) in [7, 11) is 1.66. The van der Waals surface area contributed by atoms with Gasteiger partial charge in [0, 0.05) is 74.5 Å². The van der Waals surface area contributed by atoms with Crippen LogP contribution in [0.15, 0.2) is 239 Å². The monoisotopic (exact) mass is 1970 g/mol. The van der Waals surface area contributed by atoms with E-state index in [0.29, 0.717) is 11.7 Å². The Morgan fingerprint density at radius 1 is 0.357 bits per heavy atom. The van der Waals surface area contributed by atoms with Gasteiger partial charge in [0.25, 0.3) is 0 Å².